The SMILES string of the molecule is CC(NC1C2CCC(C2)C1C(=O)O)c1cc(F)ccc1F. The largest absolute Gasteiger partial charge is 0.481 e. The number of hydrogen-bond donors (Lipinski definition) is 2. The molecule has 3 rings (SSSR count). The van der Waals surface area contributed by atoms with Gasteiger partial charge in [-0.15, -0.1) is 0 Å². The Morgan fingerprint density at radius 3 is 2.76 bits per heavy atom. The first-order valence-electron chi connectivity index (χ1n) is 7.41. The van der Waals surface area contributed by atoms with Crippen LogP contribution in [0.1, 0.15) is 37.8 Å². The molecule has 2 saturated carbocycles. The van der Waals surface area contributed by atoms with Crippen molar-refractivity contribution in [2.75, 3.05) is 0 Å². The Balaban J connectivity index is 1.79. The van der Waals surface area contributed by atoms with E-state index in [9.17, 15) is 18.7 Å². The van der Waals surface area contributed by atoms with Crippen molar-refractivity contribution in [2.24, 2.45) is 17.8 Å². The number of benzene rings is 1. The molecule has 2 N–H and O–H groups in total. The van der Waals surface area contributed by atoms with Crippen LogP contribution in [0.5, 0.6) is 0 Å². The van der Waals surface area contributed by atoms with E-state index in [1.54, 1.807) is 6.92 Å². The van der Waals surface area contributed by atoms with Crippen molar-refractivity contribution >= 4 is 5.97 Å². The molecule has 2 aliphatic carbocycles. The monoisotopic (exact) mass is 295 g/mol. The Labute approximate surface area is 122 Å². The third kappa shape index (κ3) is 2.55. The molecule has 21 heavy (non-hydrogen) atoms. The topological polar surface area (TPSA) is 49.3 Å². The molecule has 0 spiro atoms. The Morgan fingerprint density at radius 1 is 1.33 bits per heavy atom. The molecule has 114 valence electrons. The second kappa shape index (κ2) is 5.37. The average Bonchev–Trinajstić information content (AvgIpc) is 3.02. The minimum absolute atomic E-state index is 0.154. The molecule has 0 aromatic heterocycles. The van der Waals surface area contributed by atoms with Crippen LogP contribution in [0.25, 0.3) is 0 Å². The van der Waals surface area contributed by atoms with E-state index < -0.39 is 29.6 Å². The van der Waals surface area contributed by atoms with Crippen molar-refractivity contribution in [3.05, 3.63) is 35.4 Å². The molecule has 0 saturated heterocycles. The molecule has 5 heteroatoms. The molecule has 0 amide bonds. The number of carboxylic acid groups (broad SMARTS) is 1. The molecular weight excluding hydrogens is 276 g/mol. The molecule has 3 nitrogen and oxygen atoms in total. The second-order valence-corrected chi connectivity index (χ2v) is 6.28. The lowest BCUT2D eigenvalue weighted by molar-refractivity contribution is -0.144. The van der Waals surface area contributed by atoms with Crippen LogP contribution in [0, 0.1) is 29.4 Å². The first kappa shape index (κ1) is 14.4. The van der Waals surface area contributed by atoms with Crippen LogP contribution in [0.3, 0.4) is 0 Å². The Hall–Kier alpha value is -1.49. The fraction of sp³-hybridized carbons (Fsp3) is 0.562. The van der Waals surface area contributed by atoms with Crippen molar-refractivity contribution in [3.8, 4) is 0 Å². The number of carbonyl (C=O) groups is 1. The second-order valence-electron chi connectivity index (χ2n) is 6.28. The molecule has 1 aromatic rings. The summed E-state index contributed by atoms with van der Waals surface area (Å²) in [6.45, 7) is 1.75. The van der Waals surface area contributed by atoms with Crippen LogP contribution in [0.4, 0.5) is 8.78 Å². The predicted octanol–water partition coefficient (Wildman–Crippen LogP) is 3.11. The van der Waals surface area contributed by atoms with Gasteiger partial charge >= 0.3 is 5.97 Å². The zero-order chi connectivity index (χ0) is 15.1. The molecule has 2 bridgehead atoms. The summed E-state index contributed by atoms with van der Waals surface area (Å²) in [5, 5.41) is 12.7. The molecule has 0 radical (unpaired) electrons. The number of nitrogens with one attached hydrogen (secondary N) is 1. The van der Waals surface area contributed by atoms with Gasteiger partial charge in [0.1, 0.15) is 11.6 Å². The van der Waals surface area contributed by atoms with Crippen LogP contribution in [-0.2, 0) is 4.79 Å². The highest BCUT2D eigenvalue weighted by Gasteiger charge is 2.51. The first-order valence-corrected chi connectivity index (χ1v) is 7.41. The van der Waals surface area contributed by atoms with Crippen LogP contribution >= 0.6 is 0 Å². The first-order chi connectivity index (χ1) is 9.97. The van der Waals surface area contributed by atoms with E-state index in [4.69, 9.17) is 0 Å². The summed E-state index contributed by atoms with van der Waals surface area (Å²) in [5.74, 6) is -1.60. The molecule has 0 heterocycles. The molecule has 0 aliphatic heterocycles. The van der Waals surface area contributed by atoms with Crippen molar-refractivity contribution in [1.29, 1.82) is 0 Å². The van der Waals surface area contributed by atoms with E-state index in [0.29, 0.717) is 5.92 Å². The van der Waals surface area contributed by atoms with Crippen LogP contribution in [0.15, 0.2) is 18.2 Å². The van der Waals surface area contributed by atoms with E-state index in [1.165, 1.54) is 6.07 Å². The lowest BCUT2D eigenvalue weighted by Gasteiger charge is -2.31. The fourth-order valence-corrected chi connectivity index (χ4v) is 4.11. The van der Waals surface area contributed by atoms with Crippen LogP contribution in [-0.4, -0.2) is 17.1 Å². The average molecular weight is 295 g/mol. The van der Waals surface area contributed by atoms with Crippen LogP contribution < -0.4 is 5.32 Å². The van der Waals surface area contributed by atoms with Gasteiger partial charge in [-0.2, -0.15) is 0 Å². The van der Waals surface area contributed by atoms with E-state index in [-0.39, 0.29) is 17.5 Å². The number of rotatable bonds is 4. The summed E-state index contributed by atoms with van der Waals surface area (Å²) in [7, 11) is 0. The van der Waals surface area contributed by atoms with Gasteiger partial charge in [0.05, 0.1) is 5.92 Å². The van der Waals surface area contributed by atoms with Gasteiger partial charge in [0.15, 0.2) is 0 Å². The maximum atomic E-state index is 13.8. The maximum absolute atomic E-state index is 13.8. The lowest BCUT2D eigenvalue weighted by atomic mass is 9.84. The number of hydrogen-bond acceptors (Lipinski definition) is 2. The van der Waals surface area contributed by atoms with Crippen molar-refractivity contribution in [2.45, 2.75) is 38.3 Å². The number of fused-ring (bicyclic) bond motifs is 2. The Bertz CT molecular complexity index is 563. The summed E-state index contributed by atoms with van der Waals surface area (Å²) < 4.78 is 27.1. The third-order valence-electron chi connectivity index (χ3n) is 5.07. The maximum Gasteiger partial charge on any atom is 0.308 e. The summed E-state index contributed by atoms with van der Waals surface area (Å²) in [5.41, 5.74) is 0.252. The highest BCUT2D eigenvalue weighted by Crippen LogP contribution is 2.49. The van der Waals surface area contributed by atoms with E-state index >= 15 is 0 Å². The lowest BCUT2D eigenvalue weighted by Crippen LogP contribution is -2.45. The zero-order valence-corrected chi connectivity index (χ0v) is 11.9. The molecule has 1 aromatic carbocycles. The van der Waals surface area contributed by atoms with Gasteiger partial charge in [0.2, 0.25) is 0 Å². The normalized spacial score (nSPS) is 32.3. The zero-order valence-electron chi connectivity index (χ0n) is 11.9. The minimum atomic E-state index is -0.786. The molecule has 2 fully saturated rings. The highest BCUT2D eigenvalue weighted by molar-refractivity contribution is 5.72. The fourth-order valence-electron chi connectivity index (χ4n) is 4.11. The van der Waals surface area contributed by atoms with Crippen LogP contribution in [0.2, 0.25) is 0 Å². The Morgan fingerprint density at radius 2 is 2.05 bits per heavy atom. The smallest absolute Gasteiger partial charge is 0.308 e. The van der Waals surface area contributed by atoms with E-state index in [2.05, 4.69) is 5.32 Å². The summed E-state index contributed by atoms with van der Waals surface area (Å²) in [6, 6.07) is 2.81. The van der Waals surface area contributed by atoms with Crippen molar-refractivity contribution in [3.63, 3.8) is 0 Å². The van der Waals surface area contributed by atoms with Crippen molar-refractivity contribution < 1.29 is 18.7 Å². The van der Waals surface area contributed by atoms with Gasteiger partial charge in [0.25, 0.3) is 0 Å². The van der Waals surface area contributed by atoms with Gasteiger partial charge in [-0.3, -0.25) is 4.79 Å². The molecule has 5 atom stereocenters. The Kier molecular flexibility index (Phi) is 3.69. The van der Waals surface area contributed by atoms with Gasteiger partial charge in [0, 0.05) is 17.6 Å². The number of aliphatic carboxylic acids is 1. The standard InChI is InChI=1S/C16H19F2NO2/c1-8(12-7-11(17)4-5-13(12)18)19-15-10-3-2-9(6-10)14(15)16(20)21/h4-5,7-10,14-15,19H,2-3,6H2,1H3,(H,20,21). The highest BCUT2D eigenvalue weighted by atomic mass is 19.1. The van der Waals surface area contributed by atoms with Gasteiger partial charge in [-0.05, 0) is 56.2 Å². The minimum Gasteiger partial charge on any atom is -0.481 e. The summed E-state index contributed by atoms with van der Waals surface area (Å²) in [6.07, 6.45) is 2.90. The summed E-state index contributed by atoms with van der Waals surface area (Å²) >= 11 is 0. The quantitative estimate of drug-likeness (QED) is 0.897. The predicted molar refractivity (Wildman–Crippen MR) is 73.7 cm³/mol. The van der Waals surface area contributed by atoms with Crippen molar-refractivity contribution in [1.82, 2.24) is 5.32 Å². The van der Waals surface area contributed by atoms with E-state index in [1.807, 2.05) is 0 Å². The molecule has 5 unspecified atom stereocenters. The third-order valence-corrected chi connectivity index (χ3v) is 5.07. The molecule has 2 aliphatic rings. The summed E-state index contributed by atoms with van der Waals surface area (Å²) in [4.78, 5) is 11.5. The van der Waals surface area contributed by atoms with Gasteiger partial charge in [-0.1, -0.05) is 0 Å². The van der Waals surface area contributed by atoms with Gasteiger partial charge < -0.3 is 10.4 Å². The number of halogens is 2. The number of carboxylic acids is 1. The van der Waals surface area contributed by atoms with Gasteiger partial charge in [-0.25, -0.2) is 8.78 Å². The molecular formula is C16H19F2NO2. The van der Waals surface area contributed by atoms with E-state index in [0.717, 1.165) is 31.4 Å².